The Balaban J connectivity index is 2.59. The van der Waals surface area contributed by atoms with Crippen LogP contribution in [0.1, 0.15) is 16.8 Å². The van der Waals surface area contributed by atoms with Gasteiger partial charge in [0.05, 0.1) is 11.6 Å². The topological polar surface area (TPSA) is 45.2 Å². The molecule has 0 radical (unpaired) electrons. The summed E-state index contributed by atoms with van der Waals surface area (Å²) in [6.07, 6.45) is 2.75. The molecule has 0 unspecified atom stereocenters. The van der Waals surface area contributed by atoms with Crippen molar-refractivity contribution in [3.05, 3.63) is 16.1 Å². The second kappa shape index (κ2) is 3.65. The Bertz CT molecular complexity index is 199. The van der Waals surface area contributed by atoms with Crippen LogP contribution in [0.25, 0.3) is 0 Å². The minimum atomic E-state index is 0.498. The zero-order valence-corrected chi connectivity index (χ0v) is 6.61. The van der Waals surface area contributed by atoms with E-state index in [2.05, 4.69) is 17.4 Å². The number of nitrogens with one attached hydrogen (secondary N) is 1. The van der Waals surface area contributed by atoms with Crippen molar-refractivity contribution < 1.29 is 5.21 Å². The van der Waals surface area contributed by atoms with Gasteiger partial charge in [-0.3, -0.25) is 0 Å². The van der Waals surface area contributed by atoms with Crippen LogP contribution in [-0.4, -0.2) is 10.2 Å². The molecule has 1 aromatic rings. The monoisotopic (exact) mass is 158 g/mol. The predicted molar refractivity (Wildman–Crippen MR) is 40.1 cm³/mol. The van der Waals surface area contributed by atoms with Gasteiger partial charge in [0.1, 0.15) is 0 Å². The van der Waals surface area contributed by atoms with E-state index in [1.54, 1.807) is 17.5 Å². The zero-order chi connectivity index (χ0) is 7.40. The summed E-state index contributed by atoms with van der Waals surface area (Å²) in [5.41, 5.74) is 2.09. The van der Waals surface area contributed by atoms with Gasteiger partial charge in [-0.15, -0.1) is 11.3 Å². The van der Waals surface area contributed by atoms with Gasteiger partial charge >= 0.3 is 0 Å². The Morgan fingerprint density at radius 2 is 2.60 bits per heavy atom. The first-order chi connectivity index (χ1) is 4.86. The first-order valence-electron chi connectivity index (χ1n) is 3.17. The van der Waals surface area contributed by atoms with Crippen LogP contribution in [0.15, 0.2) is 6.20 Å². The summed E-state index contributed by atoms with van der Waals surface area (Å²) in [6.45, 7) is 2.56. The lowest BCUT2D eigenvalue weighted by Crippen LogP contribution is -2.03. The van der Waals surface area contributed by atoms with Gasteiger partial charge in [0, 0.05) is 11.1 Å². The van der Waals surface area contributed by atoms with Crippen LogP contribution in [0.3, 0.4) is 0 Å². The van der Waals surface area contributed by atoms with Gasteiger partial charge in [0.15, 0.2) is 0 Å². The van der Waals surface area contributed by atoms with Crippen LogP contribution in [0.4, 0.5) is 0 Å². The van der Waals surface area contributed by atoms with Gasteiger partial charge in [-0.05, 0) is 6.42 Å². The van der Waals surface area contributed by atoms with Crippen molar-refractivity contribution in [2.75, 3.05) is 0 Å². The Labute approximate surface area is 63.7 Å². The lowest BCUT2D eigenvalue weighted by atomic mass is 10.5. The third-order valence-electron chi connectivity index (χ3n) is 1.16. The Morgan fingerprint density at radius 1 is 1.80 bits per heavy atom. The zero-order valence-electron chi connectivity index (χ0n) is 5.79. The van der Waals surface area contributed by atoms with E-state index >= 15 is 0 Å². The number of hydroxylamine groups is 1. The molecular formula is C6H10N2OS. The molecule has 2 N–H and O–H groups in total. The molecule has 3 nitrogen and oxygen atoms in total. The SMILES string of the molecule is CCc1ncc(CNO)s1. The van der Waals surface area contributed by atoms with Crippen molar-refractivity contribution in [3.63, 3.8) is 0 Å². The van der Waals surface area contributed by atoms with Gasteiger partial charge < -0.3 is 5.21 Å². The molecule has 0 fully saturated rings. The molecule has 0 aliphatic carbocycles. The molecule has 4 heteroatoms. The summed E-state index contributed by atoms with van der Waals surface area (Å²) in [6, 6.07) is 0. The average molecular weight is 158 g/mol. The van der Waals surface area contributed by atoms with Crippen molar-refractivity contribution >= 4 is 11.3 Å². The van der Waals surface area contributed by atoms with E-state index in [0.29, 0.717) is 6.54 Å². The fourth-order valence-electron chi connectivity index (χ4n) is 0.671. The van der Waals surface area contributed by atoms with Gasteiger partial charge in [-0.1, -0.05) is 6.92 Å². The van der Waals surface area contributed by atoms with E-state index in [1.807, 2.05) is 0 Å². The average Bonchev–Trinajstić information content (AvgIpc) is 2.37. The molecule has 10 heavy (non-hydrogen) atoms. The summed E-state index contributed by atoms with van der Waals surface area (Å²) in [5, 5.41) is 9.45. The smallest absolute Gasteiger partial charge is 0.0925 e. The molecule has 0 atom stereocenters. The lowest BCUT2D eigenvalue weighted by Gasteiger charge is -1.88. The molecule has 0 saturated carbocycles. The van der Waals surface area contributed by atoms with E-state index in [4.69, 9.17) is 5.21 Å². The summed E-state index contributed by atoms with van der Waals surface area (Å²) >= 11 is 1.62. The van der Waals surface area contributed by atoms with Crippen molar-refractivity contribution in [3.8, 4) is 0 Å². The largest absolute Gasteiger partial charge is 0.316 e. The van der Waals surface area contributed by atoms with Crippen molar-refractivity contribution in [2.45, 2.75) is 19.9 Å². The summed E-state index contributed by atoms with van der Waals surface area (Å²) in [4.78, 5) is 5.19. The van der Waals surface area contributed by atoms with Crippen LogP contribution in [0.2, 0.25) is 0 Å². The Morgan fingerprint density at radius 3 is 3.10 bits per heavy atom. The molecule has 0 saturated heterocycles. The molecule has 0 amide bonds. The number of hydrogen-bond acceptors (Lipinski definition) is 4. The Hall–Kier alpha value is -0.450. The van der Waals surface area contributed by atoms with Crippen LogP contribution < -0.4 is 5.48 Å². The maximum atomic E-state index is 8.33. The normalized spacial score (nSPS) is 10.2. The number of aryl methyl sites for hydroxylation is 1. The standard InChI is InChI=1S/C6H10N2OS/c1-2-6-7-3-5(10-6)4-8-9/h3,8-9H,2,4H2,1H3. The fourth-order valence-corrected chi connectivity index (χ4v) is 1.47. The van der Waals surface area contributed by atoms with Crippen LogP contribution in [0.5, 0.6) is 0 Å². The van der Waals surface area contributed by atoms with Gasteiger partial charge in [0.2, 0.25) is 0 Å². The fraction of sp³-hybridized carbons (Fsp3) is 0.500. The third kappa shape index (κ3) is 1.76. The Kier molecular flexibility index (Phi) is 2.80. The second-order valence-electron chi connectivity index (χ2n) is 1.91. The van der Waals surface area contributed by atoms with Crippen LogP contribution in [0, 0.1) is 0 Å². The van der Waals surface area contributed by atoms with E-state index in [0.717, 1.165) is 16.3 Å². The molecule has 1 aromatic heterocycles. The van der Waals surface area contributed by atoms with E-state index in [-0.39, 0.29) is 0 Å². The van der Waals surface area contributed by atoms with E-state index < -0.39 is 0 Å². The first kappa shape index (κ1) is 7.65. The molecule has 0 spiro atoms. The minimum absolute atomic E-state index is 0.498. The molecule has 0 aliphatic heterocycles. The lowest BCUT2D eigenvalue weighted by molar-refractivity contribution is 0.162. The maximum Gasteiger partial charge on any atom is 0.0925 e. The van der Waals surface area contributed by atoms with Crippen molar-refractivity contribution in [2.24, 2.45) is 0 Å². The molecule has 0 aromatic carbocycles. The molecule has 0 aliphatic rings. The highest BCUT2D eigenvalue weighted by molar-refractivity contribution is 7.11. The van der Waals surface area contributed by atoms with Gasteiger partial charge in [-0.2, -0.15) is 0 Å². The number of rotatable bonds is 3. The number of nitrogens with zero attached hydrogens (tertiary/aromatic N) is 1. The molecule has 56 valence electrons. The molecule has 0 bridgehead atoms. The predicted octanol–water partition coefficient (Wildman–Crippen LogP) is 1.18. The number of hydrogen-bond donors (Lipinski definition) is 2. The number of thiazole rings is 1. The van der Waals surface area contributed by atoms with Crippen molar-refractivity contribution in [1.29, 1.82) is 0 Å². The summed E-state index contributed by atoms with van der Waals surface area (Å²) < 4.78 is 0. The van der Waals surface area contributed by atoms with Crippen LogP contribution >= 0.6 is 11.3 Å². The highest BCUT2D eigenvalue weighted by atomic mass is 32.1. The molecule has 1 heterocycles. The van der Waals surface area contributed by atoms with E-state index in [1.165, 1.54) is 0 Å². The highest BCUT2D eigenvalue weighted by Gasteiger charge is 1.97. The quantitative estimate of drug-likeness (QED) is 0.649. The van der Waals surface area contributed by atoms with Crippen molar-refractivity contribution in [1.82, 2.24) is 10.5 Å². The minimum Gasteiger partial charge on any atom is -0.316 e. The van der Waals surface area contributed by atoms with Gasteiger partial charge in [0.25, 0.3) is 0 Å². The third-order valence-corrected chi connectivity index (χ3v) is 2.30. The summed E-state index contributed by atoms with van der Waals surface area (Å²) in [5.74, 6) is 0. The number of aromatic nitrogens is 1. The highest BCUT2D eigenvalue weighted by Crippen LogP contribution is 2.12. The van der Waals surface area contributed by atoms with Gasteiger partial charge in [-0.25, -0.2) is 10.5 Å². The second-order valence-corrected chi connectivity index (χ2v) is 3.11. The molecule has 1 rings (SSSR count). The van der Waals surface area contributed by atoms with E-state index in [9.17, 15) is 0 Å². The first-order valence-corrected chi connectivity index (χ1v) is 3.99. The maximum absolute atomic E-state index is 8.33. The molecular weight excluding hydrogens is 148 g/mol. The van der Waals surface area contributed by atoms with Crippen LogP contribution in [-0.2, 0) is 13.0 Å². The summed E-state index contributed by atoms with van der Waals surface area (Å²) in [7, 11) is 0.